The minimum atomic E-state index is -0.00133. The van der Waals surface area contributed by atoms with Crippen molar-refractivity contribution in [3.8, 4) is 0 Å². The molecule has 27 heavy (non-hydrogen) atoms. The molecule has 0 spiro atoms. The summed E-state index contributed by atoms with van der Waals surface area (Å²) in [4.78, 5) is 18.3. The molecule has 5 heteroatoms. The summed E-state index contributed by atoms with van der Waals surface area (Å²) in [7, 11) is 4.15. The molecule has 0 aliphatic carbocycles. The minimum absolute atomic E-state index is 0.00133. The number of amides is 2. The topological polar surface area (TPSA) is 35.6 Å². The highest BCUT2D eigenvalue weighted by Crippen LogP contribution is 2.32. The van der Waals surface area contributed by atoms with E-state index >= 15 is 0 Å². The fraction of sp³-hybridized carbons (Fsp3) is 0.409. The minimum Gasteiger partial charge on any atom is -0.317 e. The summed E-state index contributed by atoms with van der Waals surface area (Å²) in [6.45, 7) is 1.73. The van der Waals surface area contributed by atoms with Crippen LogP contribution in [0.4, 0.5) is 10.5 Å². The summed E-state index contributed by atoms with van der Waals surface area (Å²) < 4.78 is 0. The summed E-state index contributed by atoms with van der Waals surface area (Å²) in [6, 6.07) is 16.9. The van der Waals surface area contributed by atoms with Crippen molar-refractivity contribution < 1.29 is 4.79 Å². The van der Waals surface area contributed by atoms with Gasteiger partial charge >= 0.3 is 6.03 Å². The second kappa shape index (κ2) is 9.29. The van der Waals surface area contributed by atoms with Gasteiger partial charge in [-0.2, -0.15) is 0 Å². The zero-order valence-corrected chi connectivity index (χ0v) is 17.3. The van der Waals surface area contributed by atoms with Crippen LogP contribution >= 0.6 is 11.8 Å². The maximum absolute atomic E-state index is 13.0. The van der Waals surface area contributed by atoms with Crippen molar-refractivity contribution in [1.82, 2.24) is 9.80 Å². The van der Waals surface area contributed by atoms with Gasteiger partial charge in [-0.1, -0.05) is 36.4 Å². The fourth-order valence-corrected chi connectivity index (χ4v) is 4.22. The summed E-state index contributed by atoms with van der Waals surface area (Å²) in [5.41, 5.74) is 3.41. The van der Waals surface area contributed by atoms with Crippen molar-refractivity contribution in [2.24, 2.45) is 0 Å². The third kappa shape index (κ3) is 5.05. The van der Waals surface area contributed by atoms with Crippen molar-refractivity contribution in [2.45, 2.75) is 36.7 Å². The number of anilines is 1. The second-order valence-corrected chi connectivity index (χ2v) is 8.16. The van der Waals surface area contributed by atoms with Crippen LogP contribution in [0.2, 0.25) is 0 Å². The Labute approximate surface area is 166 Å². The SMILES string of the molecule is CSc1ccccc1NC(=O)N1CCCC[C@@H]1c1ccc(CN(C)C)cc1. The average molecular weight is 384 g/mol. The van der Waals surface area contributed by atoms with Gasteiger partial charge in [0.15, 0.2) is 0 Å². The maximum Gasteiger partial charge on any atom is 0.322 e. The van der Waals surface area contributed by atoms with Gasteiger partial charge in [0.05, 0.1) is 11.7 Å². The number of nitrogens with zero attached hydrogens (tertiary/aromatic N) is 2. The lowest BCUT2D eigenvalue weighted by Gasteiger charge is -2.36. The molecule has 2 aromatic carbocycles. The van der Waals surface area contributed by atoms with E-state index in [0.717, 1.165) is 42.9 Å². The Morgan fingerprint density at radius 1 is 1.15 bits per heavy atom. The van der Waals surface area contributed by atoms with E-state index in [9.17, 15) is 4.79 Å². The number of urea groups is 1. The standard InChI is InChI=1S/C22H29N3OS/c1-24(2)16-17-11-13-18(14-12-17)20-9-6-7-15-25(20)22(26)23-19-8-4-5-10-21(19)27-3/h4-5,8,10-14,20H,6-7,9,15-16H2,1-3H3,(H,23,26)/t20-/m1/s1. The predicted molar refractivity (Wildman–Crippen MR) is 114 cm³/mol. The third-order valence-electron chi connectivity index (χ3n) is 4.98. The molecule has 2 aromatic rings. The van der Waals surface area contributed by atoms with E-state index in [1.165, 1.54) is 11.1 Å². The molecule has 144 valence electrons. The Morgan fingerprint density at radius 3 is 2.59 bits per heavy atom. The predicted octanol–water partition coefficient (Wildman–Crippen LogP) is 5.23. The van der Waals surface area contributed by atoms with Gasteiger partial charge < -0.3 is 15.1 Å². The van der Waals surface area contributed by atoms with Crippen molar-refractivity contribution in [1.29, 1.82) is 0 Å². The highest BCUT2D eigenvalue weighted by atomic mass is 32.2. The number of para-hydroxylation sites is 1. The average Bonchev–Trinajstić information content (AvgIpc) is 2.68. The van der Waals surface area contributed by atoms with Crippen molar-refractivity contribution in [3.63, 3.8) is 0 Å². The Morgan fingerprint density at radius 2 is 1.89 bits per heavy atom. The van der Waals surface area contributed by atoms with Crippen molar-refractivity contribution in [2.75, 3.05) is 32.2 Å². The molecule has 0 radical (unpaired) electrons. The number of piperidine rings is 1. The Balaban J connectivity index is 1.75. The smallest absolute Gasteiger partial charge is 0.317 e. The van der Waals surface area contributed by atoms with Gasteiger partial charge in [0, 0.05) is 18.0 Å². The number of hydrogen-bond acceptors (Lipinski definition) is 3. The molecule has 1 heterocycles. The van der Waals surface area contributed by atoms with Crippen LogP contribution in [0.5, 0.6) is 0 Å². The Hall–Kier alpha value is -1.98. The normalized spacial score (nSPS) is 17.2. The van der Waals surface area contributed by atoms with Crippen LogP contribution in [-0.2, 0) is 6.54 Å². The summed E-state index contributed by atoms with van der Waals surface area (Å²) in [6.07, 6.45) is 5.27. The molecular weight excluding hydrogens is 354 g/mol. The van der Waals surface area contributed by atoms with E-state index in [1.807, 2.05) is 35.4 Å². The number of carbonyl (C=O) groups is 1. The lowest BCUT2D eigenvalue weighted by atomic mass is 9.95. The monoisotopic (exact) mass is 383 g/mol. The zero-order chi connectivity index (χ0) is 19.2. The van der Waals surface area contributed by atoms with Gasteiger partial charge in [-0.3, -0.25) is 0 Å². The molecule has 0 aromatic heterocycles. The molecule has 1 N–H and O–H groups in total. The van der Waals surface area contributed by atoms with Crippen LogP contribution in [0.25, 0.3) is 0 Å². The number of hydrogen-bond donors (Lipinski definition) is 1. The van der Waals surface area contributed by atoms with E-state index < -0.39 is 0 Å². The van der Waals surface area contributed by atoms with Crippen LogP contribution in [0.1, 0.15) is 36.4 Å². The van der Waals surface area contributed by atoms with Crippen molar-refractivity contribution in [3.05, 3.63) is 59.7 Å². The largest absolute Gasteiger partial charge is 0.322 e. The molecule has 1 atom stereocenters. The van der Waals surface area contributed by atoms with Crippen molar-refractivity contribution >= 4 is 23.5 Å². The molecule has 4 nitrogen and oxygen atoms in total. The zero-order valence-electron chi connectivity index (χ0n) is 16.4. The third-order valence-corrected chi connectivity index (χ3v) is 5.77. The molecule has 0 bridgehead atoms. The molecular formula is C22H29N3OS. The molecule has 0 unspecified atom stereocenters. The van der Waals surface area contributed by atoms with E-state index in [-0.39, 0.29) is 12.1 Å². The number of rotatable bonds is 5. The summed E-state index contributed by atoms with van der Waals surface area (Å²) >= 11 is 1.65. The van der Waals surface area contributed by atoms with Crippen LogP contribution in [0.15, 0.2) is 53.4 Å². The van der Waals surface area contributed by atoms with E-state index in [1.54, 1.807) is 11.8 Å². The molecule has 1 saturated heterocycles. The molecule has 1 aliphatic rings. The van der Waals surface area contributed by atoms with Gasteiger partial charge in [0.2, 0.25) is 0 Å². The number of benzene rings is 2. The van der Waals surface area contributed by atoms with Gasteiger partial charge in [-0.05, 0) is 62.9 Å². The molecule has 2 amide bonds. The highest BCUT2D eigenvalue weighted by molar-refractivity contribution is 7.98. The van der Waals surface area contributed by atoms with Crippen LogP contribution in [0.3, 0.4) is 0 Å². The fourth-order valence-electron chi connectivity index (χ4n) is 3.67. The molecule has 0 saturated carbocycles. The molecule has 3 rings (SSSR count). The Bertz CT molecular complexity index is 760. The van der Waals surface area contributed by atoms with Gasteiger partial charge in [-0.25, -0.2) is 4.79 Å². The first kappa shape index (κ1) is 19.8. The number of thioether (sulfide) groups is 1. The van der Waals surface area contributed by atoms with Gasteiger partial charge in [-0.15, -0.1) is 11.8 Å². The highest BCUT2D eigenvalue weighted by Gasteiger charge is 2.28. The lowest BCUT2D eigenvalue weighted by Crippen LogP contribution is -2.41. The second-order valence-electron chi connectivity index (χ2n) is 7.31. The first-order valence-electron chi connectivity index (χ1n) is 9.52. The van der Waals surface area contributed by atoms with Gasteiger partial charge in [0.1, 0.15) is 0 Å². The number of nitrogens with one attached hydrogen (secondary N) is 1. The Kier molecular flexibility index (Phi) is 6.80. The van der Waals surface area contributed by atoms with Crippen LogP contribution in [-0.4, -0.2) is 42.7 Å². The number of carbonyl (C=O) groups excluding carboxylic acids is 1. The maximum atomic E-state index is 13.0. The van der Waals surface area contributed by atoms with Crippen LogP contribution in [0, 0.1) is 0 Å². The summed E-state index contributed by atoms with van der Waals surface area (Å²) in [5.74, 6) is 0. The quantitative estimate of drug-likeness (QED) is 0.718. The first-order chi connectivity index (χ1) is 13.1. The van der Waals surface area contributed by atoms with E-state index in [4.69, 9.17) is 0 Å². The lowest BCUT2D eigenvalue weighted by molar-refractivity contribution is 0.163. The summed E-state index contributed by atoms with van der Waals surface area (Å²) in [5, 5.41) is 3.13. The number of likely N-dealkylation sites (tertiary alicyclic amines) is 1. The molecule has 1 aliphatic heterocycles. The van der Waals surface area contributed by atoms with Crippen LogP contribution < -0.4 is 5.32 Å². The van der Waals surface area contributed by atoms with E-state index in [0.29, 0.717) is 0 Å². The first-order valence-corrected chi connectivity index (χ1v) is 10.7. The van der Waals surface area contributed by atoms with Gasteiger partial charge in [0.25, 0.3) is 0 Å². The molecule has 1 fully saturated rings. The van der Waals surface area contributed by atoms with E-state index in [2.05, 4.69) is 48.6 Å².